The molecule has 0 amide bonds. The second-order valence-electron chi connectivity index (χ2n) is 4.96. The molecule has 106 valence electrons. The molecule has 1 saturated heterocycles. The number of hydrogen-bond donors (Lipinski definition) is 1. The monoisotopic (exact) mass is 275 g/mol. The number of carbonyl (C=O) groups excluding carboxylic acids is 1. The van der Waals surface area contributed by atoms with Crippen molar-refractivity contribution >= 4 is 17.7 Å². The van der Waals surface area contributed by atoms with E-state index in [1.165, 1.54) is 7.11 Å². The average Bonchev–Trinajstić information content (AvgIpc) is 2.78. The van der Waals surface area contributed by atoms with Crippen LogP contribution in [0, 0.1) is 0 Å². The lowest BCUT2D eigenvalue weighted by molar-refractivity contribution is -0.146. The van der Waals surface area contributed by atoms with Crippen LogP contribution < -0.4 is 5.32 Å². The molecule has 5 heteroatoms. The van der Waals surface area contributed by atoms with Gasteiger partial charge < -0.3 is 14.8 Å². The lowest BCUT2D eigenvalue weighted by Crippen LogP contribution is -2.53. The van der Waals surface area contributed by atoms with Crippen LogP contribution in [0.5, 0.6) is 0 Å². The fourth-order valence-corrected chi connectivity index (χ4v) is 3.39. The highest BCUT2D eigenvalue weighted by Crippen LogP contribution is 2.29. The Hall–Kier alpha value is -0.260. The van der Waals surface area contributed by atoms with E-state index in [9.17, 15) is 4.79 Å². The highest BCUT2D eigenvalue weighted by molar-refractivity contribution is 8.00. The molecule has 18 heavy (non-hydrogen) atoms. The number of thioether (sulfide) groups is 1. The SMILES string of the molecule is CCCNC(C)(CSC1CCOC1C)C(=O)OC. The molecule has 0 saturated carbocycles. The summed E-state index contributed by atoms with van der Waals surface area (Å²) in [6.45, 7) is 7.76. The summed E-state index contributed by atoms with van der Waals surface area (Å²) in [6, 6.07) is 0. The molecular formula is C13H25NO3S. The van der Waals surface area contributed by atoms with Crippen LogP contribution in [0.4, 0.5) is 0 Å². The van der Waals surface area contributed by atoms with E-state index in [2.05, 4.69) is 19.2 Å². The summed E-state index contributed by atoms with van der Waals surface area (Å²) in [5.74, 6) is 0.535. The Morgan fingerprint density at radius 3 is 2.83 bits per heavy atom. The van der Waals surface area contributed by atoms with E-state index in [1.807, 2.05) is 6.92 Å². The van der Waals surface area contributed by atoms with Crippen LogP contribution in [0.15, 0.2) is 0 Å². The number of ether oxygens (including phenoxy) is 2. The predicted molar refractivity (Wildman–Crippen MR) is 75.0 cm³/mol. The van der Waals surface area contributed by atoms with Crippen molar-refractivity contribution in [2.45, 2.75) is 50.5 Å². The zero-order chi connectivity index (χ0) is 13.6. The molecule has 1 fully saturated rings. The van der Waals surface area contributed by atoms with Crippen LogP contribution in [0.25, 0.3) is 0 Å². The first-order valence-corrected chi connectivity index (χ1v) is 7.65. The number of methoxy groups -OCH3 is 1. The van der Waals surface area contributed by atoms with Gasteiger partial charge in [-0.15, -0.1) is 0 Å². The van der Waals surface area contributed by atoms with Gasteiger partial charge in [0, 0.05) is 17.6 Å². The third-order valence-corrected chi connectivity index (χ3v) is 5.08. The van der Waals surface area contributed by atoms with Crippen molar-refractivity contribution < 1.29 is 14.3 Å². The zero-order valence-electron chi connectivity index (χ0n) is 11.8. The number of nitrogens with one attached hydrogen (secondary N) is 1. The van der Waals surface area contributed by atoms with Gasteiger partial charge in [-0.3, -0.25) is 4.79 Å². The molecule has 1 rings (SSSR count). The maximum Gasteiger partial charge on any atom is 0.326 e. The van der Waals surface area contributed by atoms with Crippen molar-refractivity contribution in [1.82, 2.24) is 5.32 Å². The quantitative estimate of drug-likeness (QED) is 0.718. The molecule has 0 aromatic carbocycles. The molecule has 0 aliphatic carbocycles. The van der Waals surface area contributed by atoms with Crippen LogP contribution >= 0.6 is 11.8 Å². The Labute approximate surface area is 114 Å². The average molecular weight is 275 g/mol. The van der Waals surface area contributed by atoms with E-state index >= 15 is 0 Å². The van der Waals surface area contributed by atoms with E-state index in [0.717, 1.165) is 31.7 Å². The van der Waals surface area contributed by atoms with Gasteiger partial charge in [-0.2, -0.15) is 11.8 Å². The van der Waals surface area contributed by atoms with Crippen molar-refractivity contribution in [3.05, 3.63) is 0 Å². The zero-order valence-corrected chi connectivity index (χ0v) is 12.6. The first kappa shape index (κ1) is 15.8. The Balaban J connectivity index is 2.52. The normalized spacial score (nSPS) is 26.9. The lowest BCUT2D eigenvalue weighted by Gasteiger charge is -2.29. The highest BCUT2D eigenvalue weighted by atomic mass is 32.2. The number of esters is 1. The third-order valence-electron chi connectivity index (χ3n) is 3.29. The van der Waals surface area contributed by atoms with Gasteiger partial charge in [-0.25, -0.2) is 0 Å². The Kier molecular flexibility index (Phi) is 6.46. The van der Waals surface area contributed by atoms with Crippen molar-refractivity contribution in [3.63, 3.8) is 0 Å². The van der Waals surface area contributed by atoms with E-state index in [4.69, 9.17) is 9.47 Å². The van der Waals surface area contributed by atoms with Crippen LogP contribution in [-0.4, -0.2) is 48.9 Å². The Bertz CT molecular complexity index is 275. The largest absolute Gasteiger partial charge is 0.468 e. The maximum absolute atomic E-state index is 11.9. The second-order valence-corrected chi connectivity index (χ2v) is 6.19. The Morgan fingerprint density at radius 2 is 2.33 bits per heavy atom. The van der Waals surface area contributed by atoms with Crippen LogP contribution in [0.1, 0.15) is 33.6 Å². The van der Waals surface area contributed by atoms with Gasteiger partial charge in [0.05, 0.1) is 13.2 Å². The summed E-state index contributed by atoms with van der Waals surface area (Å²) in [5.41, 5.74) is -0.599. The summed E-state index contributed by atoms with van der Waals surface area (Å²) < 4.78 is 10.4. The highest BCUT2D eigenvalue weighted by Gasteiger charge is 2.36. The van der Waals surface area contributed by atoms with Crippen molar-refractivity contribution in [3.8, 4) is 0 Å². The summed E-state index contributed by atoms with van der Waals surface area (Å²) in [5, 5.41) is 3.78. The molecule has 0 radical (unpaired) electrons. The van der Waals surface area contributed by atoms with Crippen LogP contribution in [-0.2, 0) is 14.3 Å². The summed E-state index contributed by atoms with van der Waals surface area (Å²) >= 11 is 1.80. The van der Waals surface area contributed by atoms with Gasteiger partial charge >= 0.3 is 5.97 Å². The number of carbonyl (C=O) groups is 1. The maximum atomic E-state index is 11.9. The molecule has 3 unspecified atom stereocenters. The number of rotatable bonds is 7. The molecule has 1 N–H and O–H groups in total. The lowest BCUT2D eigenvalue weighted by atomic mass is 10.1. The van der Waals surface area contributed by atoms with Gasteiger partial charge in [0.1, 0.15) is 5.54 Å². The van der Waals surface area contributed by atoms with Gasteiger partial charge in [-0.1, -0.05) is 6.92 Å². The molecule has 3 atom stereocenters. The van der Waals surface area contributed by atoms with Crippen molar-refractivity contribution in [2.24, 2.45) is 0 Å². The molecule has 1 heterocycles. The van der Waals surface area contributed by atoms with E-state index < -0.39 is 5.54 Å². The topological polar surface area (TPSA) is 47.6 Å². The first-order valence-electron chi connectivity index (χ1n) is 6.60. The van der Waals surface area contributed by atoms with Crippen molar-refractivity contribution in [1.29, 1.82) is 0 Å². The standard InChI is InChI=1S/C13H25NO3S/c1-5-7-14-13(3,12(15)16-4)9-18-11-6-8-17-10(11)2/h10-11,14H,5-9H2,1-4H3. The molecule has 0 bridgehead atoms. The predicted octanol–water partition coefficient (Wildman–Crippen LogP) is 1.83. The molecule has 1 aliphatic rings. The molecule has 0 aromatic heterocycles. The second kappa shape index (κ2) is 7.36. The fraction of sp³-hybridized carbons (Fsp3) is 0.923. The molecular weight excluding hydrogens is 250 g/mol. The summed E-state index contributed by atoms with van der Waals surface area (Å²) in [4.78, 5) is 11.9. The Morgan fingerprint density at radius 1 is 1.61 bits per heavy atom. The van der Waals surface area contributed by atoms with Gasteiger partial charge in [0.25, 0.3) is 0 Å². The van der Waals surface area contributed by atoms with Crippen molar-refractivity contribution in [2.75, 3.05) is 26.0 Å². The first-order chi connectivity index (χ1) is 8.53. The van der Waals surface area contributed by atoms with E-state index in [1.54, 1.807) is 11.8 Å². The van der Waals surface area contributed by atoms with Gasteiger partial charge in [0.15, 0.2) is 0 Å². The fourth-order valence-electron chi connectivity index (χ4n) is 2.01. The summed E-state index contributed by atoms with van der Waals surface area (Å²) in [6.07, 6.45) is 2.35. The van der Waals surface area contributed by atoms with Crippen LogP contribution in [0.2, 0.25) is 0 Å². The molecule has 1 aliphatic heterocycles. The van der Waals surface area contributed by atoms with Gasteiger partial charge in [0.2, 0.25) is 0 Å². The molecule has 4 nitrogen and oxygen atoms in total. The van der Waals surface area contributed by atoms with Gasteiger partial charge in [-0.05, 0) is 33.2 Å². The molecule has 0 spiro atoms. The minimum absolute atomic E-state index is 0.185. The minimum Gasteiger partial charge on any atom is -0.468 e. The summed E-state index contributed by atoms with van der Waals surface area (Å²) in [7, 11) is 1.44. The van der Waals surface area contributed by atoms with E-state index in [0.29, 0.717) is 5.25 Å². The number of hydrogen-bond acceptors (Lipinski definition) is 5. The third kappa shape index (κ3) is 4.14. The smallest absolute Gasteiger partial charge is 0.326 e. The molecule has 0 aromatic rings. The van der Waals surface area contributed by atoms with E-state index in [-0.39, 0.29) is 12.1 Å². The van der Waals surface area contributed by atoms with Crippen LogP contribution in [0.3, 0.4) is 0 Å². The minimum atomic E-state index is -0.599.